The first kappa shape index (κ1) is 16.3. The molecule has 1 fully saturated rings. The Balaban J connectivity index is 1.60. The molecule has 0 radical (unpaired) electrons. The first-order chi connectivity index (χ1) is 11.3. The predicted octanol–water partition coefficient (Wildman–Crippen LogP) is 3.91. The second-order valence-corrected chi connectivity index (χ2v) is 6.25. The fourth-order valence-corrected chi connectivity index (χ4v) is 3.01. The van der Waals surface area contributed by atoms with Gasteiger partial charge >= 0.3 is 0 Å². The van der Waals surface area contributed by atoms with Crippen LogP contribution in [0, 0.1) is 5.92 Å². The summed E-state index contributed by atoms with van der Waals surface area (Å²) < 4.78 is 12.1. The molecule has 0 saturated carbocycles. The average Bonchev–Trinajstić information content (AvgIpc) is 3.11. The monoisotopic (exact) mass is 331 g/mol. The third kappa shape index (κ3) is 4.71. The first-order valence-electron chi connectivity index (χ1n) is 8.06. The lowest BCUT2D eigenvalue weighted by molar-refractivity contribution is 0.0166. The smallest absolute Gasteiger partial charge is 0.138 e. The van der Waals surface area contributed by atoms with E-state index in [9.17, 15) is 0 Å². The maximum atomic E-state index is 6.22. The van der Waals surface area contributed by atoms with Crippen molar-refractivity contribution in [1.82, 2.24) is 5.32 Å². The molecule has 2 aromatic carbocycles. The van der Waals surface area contributed by atoms with Crippen molar-refractivity contribution in [2.75, 3.05) is 19.7 Å². The van der Waals surface area contributed by atoms with Gasteiger partial charge in [-0.1, -0.05) is 54.1 Å². The summed E-state index contributed by atoms with van der Waals surface area (Å²) in [6, 6.07) is 17.8. The van der Waals surface area contributed by atoms with E-state index in [1.165, 1.54) is 5.56 Å². The molecule has 0 unspecified atom stereocenters. The van der Waals surface area contributed by atoms with Crippen molar-refractivity contribution in [2.24, 2.45) is 5.92 Å². The van der Waals surface area contributed by atoms with E-state index in [1.807, 2.05) is 42.5 Å². The number of ether oxygens (including phenoxy) is 2. The van der Waals surface area contributed by atoms with Crippen LogP contribution in [0.25, 0.3) is 0 Å². The zero-order valence-corrected chi connectivity index (χ0v) is 13.8. The molecule has 0 amide bonds. The van der Waals surface area contributed by atoms with E-state index in [4.69, 9.17) is 21.1 Å². The lowest BCUT2D eigenvalue weighted by atomic mass is 10.0. The van der Waals surface area contributed by atoms with Crippen LogP contribution in [0.2, 0.25) is 5.02 Å². The van der Waals surface area contributed by atoms with E-state index >= 15 is 0 Å². The molecule has 4 heteroatoms. The van der Waals surface area contributed by atoms with Crippen LogP contribution in [-0.4, -0.2) is 25.8 Å². The van der Waals surface area contributed by atoms with Crippen molar-refractivity contribution in [3.8, 4) is 5.75 Å². The molecular weight excluding hydrogens is 310 g/mol. The van der Waals surface area contributed by atoms with Crippen LogP contribution >= 0.6 is 11.6 Å². The molecule has 1 N–H and O–H groups in total. The van der Waals surface area contributed by atoms with Gasteiger partial charge in [-0.2, -0.15) is 0 Å². The Kier molecular flexibility index (Phi) is 5.92. The quantitative estimate of drug-likeness (QED) is 0.834. The van der Waals surface area contributed by atoms with Crippen LogP contribution in [0.4, 0.5) is 0 Å². The number of hydrogen-bond donors (Lipinski definition) is 1. The Labute approximate surface area is 142 Å². The van der Waals surface area contributed by atoms with Crippen molar-refractivity contribution in [2.45, 2.75) is 19.1 Å². The summed E-state index contributed by atoms with van der Waals surface area (Å²) in [5, 5.41) is 4.04. The molecule has 0 spiro atoms. The van der Waals surface area contributed by atoms with Crippen LogP contribution in [0.5, 0.6) is 5.75 Å². The van der Waals surface area contributed by atoms with Gasteiger partial charge in [-0.15, -0.1) is 0 Å². The molecule has 2 aromatic rings. The summed E-state index contributed by atoms with van der Waals surface area (Å²) in [5.74, 6) is 1.18. The fraction of sp³-hybridized carbons (Fsp3) is 0.368. The van der Waals surface area contributed by atoms with Gasteiger partial charge in [-0.25, -0.2) is 0 Å². The number of benzene rings is 2. The van der Waals surface area contributed by atoms with E-state index in [-0.39, 0.29) is 6.10 Å². The van der Waals surface area contributed by atoms with Crippen LogP contribution in [0.1, 0.15) is 12.0 Å². The lowest BCUT2D eigenvalue weighted by Crippen LogP contribution is -2.33. The molecule has 0 bridgehead atoms. The van der Waals surface area contributed by atoms with Gasteiger partial charge in [0.1, 0.15) is 11.9 Å². The third-order valence-electron chi connectivity index (χ3n) is 4.13. The Bertz CT molecular complexity index is 599. The largest absolute Gasteiger partial charge is 0.486 e. The zero-order valence-electron chi connectivity index (χ0n) is 13.1. The third-order valence-corrected chi connectivity index (χ3v) is 4.45. The van der Waals surface area contributed by atoms with Crippen LogP contribution in [0.3, 0.4) is 0 Å². The normalized spacial score (nSPS) is 18.7. The molecule has 1 saturated heterocycles. The molecule has 23 heavy (non-hydrogen) atoms. The summed E-state index contributed by atoms with van der Waals surface area (Å²) in [6.07, 6.45) is 1.11. The van der Waals surface area contributed by atoms with Crippen LogP contribution in [0.15, 0.2) is 54.6 Å². The summed E-state index contributed by atoms with van der Waals surface area (Å²) in [6.45, 7) is 3.16. The highest BCUT2D eigenvalue weighted by molar-refractivity contribution is 6.32. The van der Waals surface area contributed by atoms with Gasteiger partial charge < -0.3 is 14.8 Å². The summed E-state index contributed by atoms with van der Waals surface area (Å²) in [5.41, 5.74) is 1.17. The molecule has 3 nitrogen and oxygen atoms in total. The SMILES string of the molecule is Clc1ccccc1O[C@@H](COCc1ccccc1)[C@H]1CCNC1. The highest BCUT2D eigenvalue weighted by Crippen LogP contribution is 2.27. The molecule has 3 rings (SSSR count). The van der Waals surface area contributed by atoms with E-state index < -0.39 is 0 Å². The highest BCUT2D eigenvalue weighted by atomic mass is 35.5. The second-order valence-electron chi connectivity index (χ2n) is 5.84. The number of para-hydroxylation sites is 1. The topological polar surface area (TPSA) is 30.5 Å². The molecule has 1 heterocycles. The minimum absolute atomic E-state index is 0.00797. The number of rotatable bonds is 7. The molecule has 0 aromatic heterocycles. The van der Waals surface area contributed by atoms with Crippen LogP contribution < -0.4 is 10.1 Å². The predicted molar refractivity (Wildman–Crippen MR) is 92.9 cm³/mol. The zero-order chi connectivity index (χ0) is 15.9. The van der Waals surface area contributed by atoms with E-state index in [1.54, 1.807) is 0 Å². The molecule has 1 aliphatic rings. The van der Waals surface area contributed by atoms with Gasteiger partial charge in [-0.3, -0.25) is 0 Å². The first-order valence-corrected chi connectivity index (χ1v) is 8.44. The number of halogens is 1. The maximum absolute atomic E-state index is 6.22. The number of nitrogens with one attached hydrogen (secondary N) is 1. The van der Waals surface area contributed by atoms with Gasteiger partial charge in [0, 0.05) is 12.5 Å². The lowest BCUT2D eigenvalue weighted by Gasteiger charge is -2.25. The fourth-order valence-electron chi connectivity index (χ4n) is 2.83. The van der Waals surface area contributed by atoms with Crippen LogP contribution in [-0.2, 0) is 11.3 Å². The second kappa shape index (κ2) is 8.34. The Morgan fingerprint density at radius 3 is 2.61 bits per heavy atom. The van der Waals surface area contributed by atoms with Gasteiger partial charge in [-0.05, 0) is 30.7 Å². The van der Waals surface area contributed by atoms with Gasteiger partial charge in [0.15, 0.2) is 0 Å². The Hall–Kier alpha value is -1.55. The highest BCUT2D eigenvalue weighted by Gasteiger charge is 2.27. The van der Waals surface area contributed by atoms with E-state index in [2.05, 4.69) is 17.4 Å². The van der Waals surface area contributed by atoms with Crippen molar-refractivity contribution < 1.29 is 9.47 Å². The summed E-state index contributed by atoms with van der Waals surface area (Å²) in [4.78, 5) is 0. The van der Waals surface area contributed by atoms with Crippen molar-refractivity contribution in [3.05, 3.63) is 65.2 Å². The van der Waals surface area contributed by atoms with Gasteiger partial charge in [0.05, 0.1) is 18.2 Å². The van der Waals surface area contributed by atoms with Gasteiger partial charge in [0.25, 0.3) is 0 Å². The molecule has 1 aliphatic heterocycles. The average molecular weight is 332 g/mol. The summed E-state index contributed by atoms with van der Waals surface area (Å²) in [7, 11) is 0. The molecular formula is C19H22ClNO2. The minimum Gasteiger partial charge on any atom is -0.486 e. The maximum Gasteiger partial charge on any atom is 0.138 e. The number of hydrogen-bond acceptors (Lipinski definition) is 3. The Morgan fingerprint density at radius 1 is 1.09 bits per heavy atom. The van der Waals surface area contributed by atoms with E-state index in [0.29, 0.717) is 24.2 Å². The van der Waals surface area contributed by atoms with E-state index in [0.717, 1.165) is 25.3 Å². The van der Waals surface area contributed by atoms with Crippen molar-refractivity contribution in [3.63, 3.8) is 0 Å². The van der Waals surface area contributed by atoms with Gasteiger partial charge in [0.2, 0.25) is 0 Å². The molecule has 122 valence electrons. The van der Waals surface area contributed by atoms with Crippen molar-refractivity contribution in [1.29, 1.82) is 0 Å². The standard InChI is InChI=1S/C19H22ClNO2/c20-17-8-4-5-9-18(17)23-19(16-10-11-21-12-16)14-22-13-15-6-2-1-3-7-15/h1-9,16,19,21H,10-14H2/t16-,19-/m0/s1. The summed E-state index contributed by atoms with van der Waals surface area (Å²) >= 11 is 6.22. The molecule has 0 aliphatic carbocycles. The Morgan fingerprint density at radius 2 is 1.87 bits per heavy atom. The van der Waals surface area contributed by atoms with Crippen molar-refractivity contribution >= 4 is 11.6 Å². The molecule has 2 atom stereocenters. The minimum atomic E-state index is 0.00797.